The summed E-state index contributed by atoms with van der Waals surface area (Å²) in [6, 6.07) is 1.55. The largest absolute Gasteiger partial charge is 0.323 e. The molecular weight excluding hydrogens is 290 g/mol. The summed E-state index contributed by atoms with van der Waals surface area (Å²) >= 11 is 0. The Balaban J connectivity index is 2.19. The second-order valence-electron chi connectivity index (χ2n) is 6.08. The molecule has 0 unspecified atom stereocenters. The van der Waals surface area contributed by atoms with Gasteiger partial charge in [-0.15, -0.1) is 0 Å². The van der Waals surface area contributed by atoms with E-state index in [4.69, 9.17) is 5.84 Å². The molecule has 118 valence electrons. The van der Waals surface area contributed by atoms with E-state index in [-0.39, 0.29) is 10.4 Å². The number of hydrogen-bond donors (Lipinski definition) is 2. The van der Waals surface area contributed by atoms with Gasteiger partial charge in [-0.05, 0) is 26.8 Å². The van der Waals surface area contributed by atoms with Crippen LogP contribution in [-0.4, -0.2) is 54.3 Å². The Labute approximate surface area is 126 Å². The monoisotopic (exact) mass is 313 g/mol. The minimum atomic E-state index is -3.57. The SMILES string of the molecule is CC(C)(C)N1CCN(S(=O)(=O)c2cnccc2NN)CC1. The van der Waals surface area contributed by atoms with Crippen molar-refractivity contribution in [2.75, 3.05) is 31.6 Å². The zero-order chi connectivity index (χ0) is 15.7. The number of nitrogen functional groups attached to an aromatic ring is 1. The first-order valence-electron chi connectivity index (χ1n) is 6.92. The Hall–Kier alpha value is -1.22. The molecule has 0 atom stereocenters. The molecule has 1 aliphatic heterocycles. The predicted octanol–water partition coefficient (Wildman–Crippen LogP) is 0.472. The van der Waals surface area contributed by atoms with Crippen LogP contribution in [0, 0.1) is 0 Å². The van der Waals surface area contributed by atoms with Gasteiger partial charge in [0.2, 0.25) is 10.0 Å². The number of hydrazine groups is 1. The molecular formula is C13H23N5O2S. The smallest absolute Gasteiger partial charge is 0.246 e. The third-order valence-corrected chi connectivity index (χ3v) is 5.67. The van der Waals surface area contributed by atoms with Crippen LogP contribution >= 0.6 is 0 Å². The van der Waals surface area contributed by atoms with E-state index in [1.807, 2.05) is 0 Å². The highest BCUT2D eigenvalue weighted by Crippen LogP contribution is 2.25. The van der Waals surface area contributed by atoms with Gasteiger partial charge in [-0.25, -0.2) is 8.42 Å². The maximum absolute atomic E-state index is 12.7. The van der Waals surface area contributed by atoms with Crippen molar-refractivity contribution in [1.82, 2.24) is 14.2 Å². The average molecular weight is 313 g/mol. The van der Waals surface area contributed by atoms with Gasteiger partial charge in [-0.3, -0.25) is 15.7 Å². The van der Waals surface area contributed by atoms with E-state index in [9.17, 15) is 8.42 Å². The van der Waals surface area contributed by atoms with Crippen LogP contribution in [0.3, 0.4) is 0 Å². The third-order valence-electron chi connectivity index (χ3n) is 3.75. The van der Waals surface area contributed by atoms with E-state index >= 15 is 0 Å². The zero-order valence-corrected chi connectivity index (χ0v) is 13.5. The number of nitrogens with zero attached hydrogens (tertiary/aromatic N) is 3. The van der Waals surface area contributed by atoms with Gasteiger partial charge in [-0.1, -0.05) is 0 Å². The van der Waals surface area contributed by atoms with Crippen molar-refractivity contribution < 1.29 is 8.42 Å². The molecule has 7 nitrogen and oxygen atoms in total. The minimum absolute atomic E-state index is 0.0497. The van der Waals surface area contributed by atoms with E-state index < -0.39 is 10.0 Å². The summed E-state index contributed by atoms with van der Waals surface area (Å²) in [5, 5.41) is 0. The molecule has 1 aromatic rings. The molecule has 0 spiro atoms. The molecule has 1 aromatic heterocycles. The maximum Gasteiger partial charge on any atom is 0.246 e. The molecule has 0 saturated carbocycles. The Morgan fingerprint density at radius 1 is 1.24 bits per heavy atom. The fourth-order valence-electron chi connectivity index (χ4n) is 2.44. The van der Waals surface area contributed by atoms with Crippen LogP contribution in [0.1, 0.15) is 20.8 Å². The van der Waals surface area contributed by atoms with Crippen molar-refractivity contribution in [2.45, 2.75) is 31.2 Å². The summed E-state index contributed by atoms with van der Waals surface area (Å²) in [6.07, 6.45) is 2.84. The second-order valence-corrected chi connectivity index (χ2v) is 7.98. The molecule has 8 heteroatoms. The van der Waals surface area contributed by atoms with Gasteiger partial charge >= 0.3 is 0 Å². The Morgan fingerprint density at radius 3 is 2.38 bits per heavy atom. The molecule has 1 fully saturated rings. The van der Waals surface area contributed by atoms with Gasteiger partial charge in [0.15, 0.2) is 0 Å². The zero-order valence-electron chi connectivity index (χ0n) is 12.7. The number of sulfonamides is 1. The highest BCUT2D eigenvalue weighted by Gasteiger charge is 2.33. The fourth-order valence-corrected chi connectivity index (χ4v) is 3.96. The molecule has 0 amide bonds. The van der Waals surface area contributed by atoms with E-state index in [1.165, 1.54) is 16.7 Å². The standard InChI is InChI=1S/C13H23N5O2S/c1-13(2,3)17-6-8-18(9-7-17)21(19,20)12-10-15-5-4-11(12)16-14/h4-5,10H,6-9,14H2,1-3H3,(H,15,16). The van der Waals surface area contributed by atoms with Gasteiger partial charge in [0.1, 0.15) is 4.90 Å². The number of hydrogen-bond acceptors (Lipinski definition) is 6. The fraction of sp³-hybridized carbons (Fsp3) is 0.615. The van der Waals surface area contributed by atoms with Gasteiger partial charge < -0.3 is 5.43 Å². The van der Waals surface area contributed by atoms with Crippen LogP contribution in [0.25, 0.3) is 0 Å². The lowest BCUT2D eigenvalue weighted by molar-refractivity contribution is 0.0922. The van der Waals surface area contributed by atoms with Gasteiger partial charge in [0, 0.05) is 44.1 Å². The van der Waals surface area contributed by atoms with Crippen LogP contribution in [0.5, 0.6) is 0 Å². The van der Waals surface area contributed by atoms with Crippen molar-refractivity contribution >= 4 is 15.7 Å². The summed E-state index contributed by atoms with van der Waals surface area (Å²) in [4.78, 5) is 6.30. The molecule has 2 rings (SSSR count). The van der Waals surface area contributed by atoms with Crippen molar-refractivity contribution in [1.29, 1.82) is 0 Å². The van der Waals surface area contributed by atoms with Crippen molar-refractivity contribution in [3.8, 4) is 0 Å². The van der Waals surface area contributed by atoms with Crippen LogP contribution in [0.2, 0.25) is 0 Å². The Morgan fingerprint density at radius 2 is 1.86 bits per heavy atom. The first-order valence-corrected chi connectivity index (χ1v) is 8.36. The second kappa shape index (κ2) is 5.88. The third kappa shape index (κ3) is 3.34. The minimum Gasteiger partial charge on any atom is -0.323 e. The first-order chi connectivity index (χ1) is 9.76. The van der Waals surface area contributed by atoms with Gasteiger partial charge in [0.05, 0.1) is 5.69 Å². The average Bonchev–Trinajstić information content (AvgIpc) is 2.46. The van der Waals surface area contributed by atoms with E-state index in [1.54, 1.807) is 6.07 Å². The Kier molecular flexibility index (Phi) is 4.52. The molecule has 0 radical (unpaired) electrons. The van der Waals surface area contributed by atoms with Gasteiger partial charge in [-0.2, -0.15) is 4.31 Å². The summed E-state index contributed by atoms with van der Waals surface area (Å²) in [6.45, 7) is 8.78. The summed E-state index contributed by atoms with van der Waals surface area (Å²) in [7, 11) is -3.57. The van der Waals surface area contributed by atoms with Crippen LogP contribution in [0.15, 0.2) is 23.4 Å². The number of pyridine rings is 1. The quantitative estimate of drug-likeness (QED) is 0.623. The number of nitrogens with one attached hydrogen (secondary N) is 1. The summed E-state index contributed by atoms with van der Waals surface area (Å²) < 4.78 is 26.9. The molecule has 2 heterocycles. The van der Waals surface area contributed by atoms with E-state index in [2.05, 4.69) is 36.1 Å². The lowest BCUT2D eigenvalue weighted by atomic mass is 10.1. The van der Waals surface area contributed by atoms with Crippen molar-refractivity contribution in [2.24, 2.45) is 5.84 Å². The molecule has 0 aliphatic carbocycles. The highest BCUT2D eigenvalue weighted by molar-refractivity contribution is 7.89. The Bertz CT molecular complexity index is 589. The lowest BCUT2D eigenvalue weighted by Crippen LogP contribution is -2.54. The van der Waals surface area contributed by atoms with Crippen LogP contribution < -0.4 is 11.3 Å². The predicted molar refractivity (Wildman–Crippen MR) is 82.1 cm³/mol. The van der Waals surface area contributed by atoms with Gasteiger partial charge in [0.25, 0.3) is 0 Å². The van der Waals surface area contributed by atoms with Crippen molar-refractivity contribution in [3.63, 3.8) is 0 Å². The molecule has 21 heavy (non-hydrogen) atoms. The highest BCUT2D eigenvalue weighted by atomic mass is 32.2. The lowest BCUT2D eigenvalue weighted by Gasteiger charge is -2.41. The number of rotatable bonds is 3. The normalized spacial score (nSPS) is 18.7. The van der Waals surface area contributed by atoms with Crippen LogP contribution in [0.4, 0.5) is 5.69 Å². The maximum atomic E-state index is 12.7. The number of nitrogens with two attached hydrogens (primary N) is 1. The molecule has 0 bridgehead atoms. The van der Waals surface area contributed by atoms with Crippen LogP contribution in [-0.2, 0) is 10.0 Å². The summed E-state index contributed by atoms with van der Waals surface area (Å²) in [5.41, 5.74) is 2.83. The molecule has 1 saturated heterocycles. The molecule has 1 aliphatic rings. The number of anilines is 1. The topological polar surface area (TPSA) is 91.6 Å². The van der Waals surface area contributed by atoms with E-state index in [0.29, 0.717) is 31.9 Å². The molecule has 3 N–H and O–H groups in total. The number of aromatic nitrogens is 1. The van der Waals surface area contributed by atoms with Crippen molar-refractivity contribution in [3.05, 3.63) is 18.5 Å². The van der Waals surface area contributed by atoms with E-state index in [0.717, 1.165) is 0 Å². The summed E-state index contributed by atoms with van der Waals surface area (Å²) in [5.74, 6) is 5.39. The molecule has 0 aromatic carbocycles. The first kappa shape index (κ1) is 16.2. The number of piperazine rings is 1.